The zero-order chi connectivity index (χ0) is 9.97. The van der Waals surface area contributed by atoms with Crippen molar-refractivity contribution in [1.82, 2.24) is 15.6 Å². The molecule has 1 saturated heterocycles. The van der Waals surface area contributed by atoms with Crippen LogP contribution in [0.25, 0.3) is 0 Å². The van der Waals surface area contributed by atoms with E-state index in [-0.39, 0.29) is 6.04 Å². The molecular weight excluding hydrogens is 178 g/mol. The normalized spacial score (nSPS) is 24.0. The van der Waals surface area contributed by atoms with E-state index < -0.39 is 0 Å². The molecule has 0 saturated carbocycles. The number of hydrogen-bond donors (Lipinski definition) is 2. The Bertz CT molecular complexity index is 291. The SMILES string of the molecule is CNC(c1ncc(C)o1)C1CCNC1. The van der Waals surface area contributed by atoms with Crippen LogP contribution in [0.1, 0.15) is 24.1 Å². The average molecular weight is 195 g/mol. The van der Waals surface area contributed by atoms with Gasteiger partial charge in [0.25, 0.3) is 0 Å². The van der Waals surface area contributed by atoms with Gasteiger partial charge in [-0.15, -0.1) is 0 Å². The molecule has 2 rings (SSSR count). The Hall–Kier alpha value is -0.870. The molecule has 0 bridgehead atoms. The van der Waals surface area contributed by atoms with Crippen molar-refractivity contribution in [2.75, 3.05) is 20.1 Å². The summed E-state index contributed by atoms with van der Waals surface area (Å²) in [5, 5.41) is 6.63. The van der Waals surface area contributed by atoms with E-state index in [4.69, 9.17) is 4.42 Å². The lowest BCUT2D eigenvalue weighted by molar-refractivity contribution is 0.324. The number of nitrogens with one attached hydrogen (secondary N) is 2. The second kappa shape index (κ2) is 4.11. The third-order valence-corrected chi connectivity index (χ3v) is 2.79. The molecule has 1 aromatic rings. The van der Waals surface area contributed by atoms with E-state index >= 15 is 0 Å². The van der Waals surface area contributed by atoms with E-state index in [9.17, 15) is 0 Å². The predicted molar refractivity (Wildman–Crippen MR) is 54.0 cm³/mol. The molecule has 4 nitrogen and oxygen atoms in total. The fourth-order valence-electron chi connectivity index (χ4n) is 2.04. The van der Waals surface area contributed by atoms with Crippen LogP contribution in [0.15, 0.2) is 10.6 Å². The number of nitrogens with zero attached hydrogens (tertiary/aromatic N) is 1. The smallest absolute Gasteiger partial charge is 0.211 e. The van der Waals surface area contributed by atoms with Crippen molar-refractivity contribution in [3.05, 3.63) is 17.8 Å². The van der Waals surface area contributed by atoms with Gasteiger partial charge in [0.05, 0.1) is 12.2 Å². The fourth-order valence-corrected chi connectivity index (χ4v) is 2.04. The van der Waals surface area contributed by atoms with Crippen molar-refractivity contribution >= 4 is 0 Å². The highest BCUT2D eigenvalue weighted by atomic mass is 16.4. The van der Waals surface area contributed by atoms with E-state index in [0.717, 1.165) is 24.7 Å². The molecule has 78 valence electrons. The maximum absolute atomic E-state index is 5.55. The van der Waals surface area contributed by atoms with Gasteiger partial charge in [-0.3, -0.25) is 0 Å². The van der Waals surface area contributed by atoms with Gasteiger partial charge in [0.1, 0.15) is 5.76 Å². The van der Waals surface area contributed by atoms with Crippen LogP contribution in [0, 0.1) is 12.8 Å². The van der Waals surface area contributed by atoms with Crippen LogP contribution < -0.4 is 10.6 Å². The number of hydrogen-bond acceptors (Lipinski definition) is 4. The van der Waals surface area contributed by atoms with Crippen molar-refractivity contribution in [2.45, 2.75) is 19.4 Å². The molecule has 2 heterocycles. The van der Waals surface area contributed by atoms with Crippen LogP contribution in [-0.2, 0) is 0 Å². The summed E-state index contributed by atoms with van der Waals surface area (Å²) < 4.78 is 5.55. The molecule has 1 aliphatic rings. The Kier molecular flexibility index (Phi) is 2.84. The molecular formula is C10H17N3O. The number of rotatable bonds is 3. The van der Waals surface area contributed by atoms with Gasteiger partial charge in [-0.05, 0) is 39.4 Å². The zero-order valence-corrected chi connectivity index (χ0v) is 8.71. The first-order valence-electron chi connectivity index (χ1n) is 5.11. The first-order chi connectivity index (χ1) is 6.81. The van der Waals surface area contributed by atoms with Crippen LogP contribution >= 0.6 is 0 Å². The number of aromatic nitrogens is 1. The summed E-state index contributed by atoms with van der Waals surface area (Å²) in [5.41, 5.74) is 0. The van der Waals surface area contributed by atoms with Gasteiger partial charge in [0.15, 0.2) is 0 Å². The van der Waals surface area contributed by atoms with Gasteiger partial charge in [-0.2, -0.15) is 0 Å². The Balaban J connectivity index is 2.12. The lowest BCUT2D eigenvalue weighted by Gasteiger charge is -2.18. The summed E-state index contributed by atoms with van der Waals surface area (Å²) >= 11 is 0. The van der Waals surface area contributed by atoms with Crippen molar-refractivity contribution in [3.63, 3.8) is 0 Å². The Labute approximate surface area is 84.1 Å². The minimum Gasteiger partial charge on any atom is -0.444 e. The number of aryl methyl sites for hydroxylation is 1. The Morgan fingerprint density at radius 3 is 3.07 bits per heavy atom. The van der Waals surface area contributed by atoms with Crippen LogP contribution in [0.4, 0.5) is 0 Å². The molecule has 4 heteroatoms. The molecule has 2 atom stereocenters. The third kappa shape index (κ3) is 1.81. The molecule has 1 aliphatic heterocycles. The molecule has 2 unspecified atom stereocenters. The lowest BCUT2D eigenvalue weighted by atomic mass is 9.99. The van der Waals surface area contributed by atoms with Crippen molar-refractivity contribution < 1.29 is 4.42 Å². The summed E-state index contributed by atoms with van der Waals surface area (Å²) in [6.45, 7) is 4.07. The van der Waals surface area contributed by atoms with Crippen molar-refractivity contribution in [2.24, 2.45) is 5.92 Å². The van der Waals surface area contributed by atoms with Gasteiger partial charge in [0, 0.05) is 0 Å². The molecule has 2 N–H and O–H groups in total. The first kappa shape index (κ1) is 9.68. The van der Waals surface area contributed by atoms with Crippen LogP contribution in [0.5, 0.6) is 0 Å². The quantitative estimate of drug-likeness (QED) is 0.751. The Morgan fingerprint density at radius 2 is 2.57 bits per heavy atom. The van der Waals surface area contributed by atoms with E-state index in [1.165, 1.54) is 6.42 Å². The topological polar surface area (TPSA) is 50.1 Å². The minimum atomic E-state index is 0.249. The lowest BCUT2D eigenvalue weighted by Crippen LogP contribution is -2.27. The first-order valence-corrected chi connectivity index (χ1v) is 5.11. The monoisotopic (exact) mass is 195 g/mol. The molecule has 0 aliphatic carbocycles. The maximum atomic E-state index is 5.55. The minimum absolute atomic E-state index is 0.249. The zero-order valence-electron chi connectivity index (χ0n) is 8.71. The van der Waals surface area contributed by atoms with Gasteiger partial charge in [0.2, 0.25) is 5.89 Å². The molecule has 0 amide bonds. The van der Waals surface area contributed by atoms with E-state index in [1.54, 1.807) is 6.20 Å². The molecule has 14 heavy (non-hydrogen) atoms. The average Bonchev–Trinajstić information content (AvgIpc) is 2.79. The van der Waals surface area contributed by atoms with Gasteiger partial charge < -0.3 is 15.1 Å². The second-order valence-corrected chi connectivity index (χ2v) is 3.83. The second-order valence-electron chi connectivity index (χ2n) is 3.83. The summed E-state index contributed by atoms with van der Waals surface area (Å²) in [5.74, 6) is 2.29. The number of oxazole rings is 1. The maximum Gasteiger partial charge on any atom is 0.211 e. The third-order valence-electron chi connectivity index (χ3n) is 2.79. The van der Waals surface area contributed by atoms with E-state index in [1.807, 2.05) is 14.0 Å². The fraction of sp³-hybridized carbons (Fsp3) is 0.700. The van der Waals surface area contributed by atoms with E-state index in [2.05, 4.69) is 15.6 Å². The van der Waals surface area contributed by atoms with Gasteiger partial charge in [-0.1, -0.05) is 0 Å². The Morgan fingerprint density at radius 1 is 1.71 bits per heavy atom. The summed E-state index contributed by atoms with van der Waals surface area (Å²) in [4.78, 5) is 4.27. The molecule has 1 aromatic heterocycles. The highest BCUT2D eigenvalue weighted by molar-refractivity contribution is 4.99. The van der Waals surface area contributed by atoms with Crippen molar-refractivity contribution in [1.29, 1.82) is 0 Å². The molecule has 0 spiro atoms. The molecule has 1 fully saturated rings. The predicted octanol–water partition coefficient (Wildman–Crippen LogP) is 0.853. The van der Waals surface area contributed by atoms with Gasteiger partial charge in [-0.25, -0.2) is 4.98 Å². The highest BCUT2D eigenvalue weighted by Crippen LogP contribution is 2.25. The largest absolute Gasteiger partial charge is 0.444 e. The van der Waals surface area contributed by atoms with Crippen LogP contribution in [-0.4, -0.2) is 25.1 Å². The van der Waals surface area contributed by atoms with E-state index in [0.29, 0.717) is 5.92 Å². The van der Waals surface area contributed by atoms with Gasteiger partial charge >= 0.3 is 0 Å². The highest BCUT2D eigenvalue weighted by Gasteiger charge is 2.28. The summed E-state index contributed by atoms with van der Waals surface area (Å²) in [6.07, 6.45) is 2.97. The molecule has 0 aromatic carbocycles. The standard InChI is InChI=1S/C10H17N3O/c1-7-5-13-10(14-7)9(11-2)8-3-4-12-6-8/h5,8-9,11-12H,3-4,6H2,1-2H3. The van der Waals surface area contributed by atoms with Crippen LogP contribution in [0.3, 0.4) is 0 Å². The van der Waals surface area contributed by atoms with Crippen LogP contribution in [0.2, 0.25) is 0 Å². The molecule has 0 radical (unpaired) electrons. The van der Waals surface area contributed by atoms with Crippen molar-refractivity contribution in [3.8, 4) is 0 Å². The summed E-state index contributed by atoms with van der Waals surface area (Å²) in [6, 6.07) is 0.249. The summed E-state index contributed by atoms with van der Waals surface area (Å²) in [7, 11) is 1.96.